The molecule has 1 unspecified atom stereocenters. The fourth-order valence-corrected chi connectivity index (χ4v) is 3.06. The zero-order chi connectivity index (χ0) is 19.2. The summed E-state index contributed by atoms with van der Waals surface area (Å²) in [6.45, 7) is 0.872. The first-order chi connectivity index (χ1) is 13.0. The maximum Gasteiger partial charge on any atom is 0.324 e. The Bertz CT molecular complexity index is 712. The van der Waals surface area contributed by atoms with Crippen LogP contribution in [0.2, 0.25) is 0 Å². The highest BCUT2D eigenvalue weighted by molar-refractivity contribution is 6.02. The Hall–Kier alpha value is -2.94. The molecule has 1 aromatic rings. The maximum atomic E-state index is 12.2. The number of nitrogens with one attached hydrogen (secondary N) is 4. The smallest absolute Gasteiger partial charge is 0.324 e. The van der Waals surface area contributed by atoms with Gasteiger partial charge in [0.25, 0.3) is 0 Å². The van der Waals surface area contributed by atoms with E-state index in [2.05, 4.69) is 21.3 Å². The highest BCUT2D eigenvalue weighted by Crippen LogP contribution is 2.16. The Labute approximate surface area is 156 Å². The number of hydrogen-bond acceptors (Lipinski definition) is 5. The van der Waals surface area contributed by atoms with Crippen molar-refractivity contribution in [3.8, 4) is 0 Å². The fraction of sp³-hybridized carbons (Fsp3) is 0.444. The standard InChI is InChI=1S/C18H23N5O4/c24-15(8-10-23-16(25)11-20-18(23)27)21-12-4-6-13(7-5-12)22-17(26)14-3-1-2-9-19-14/h4-7,14,19H,1-3,8-11H2,(H,20,27)(H,21,24)(H,22,26). The van der Waals surface area contributed by atoms with Gasteiger partial charge in [-0.25, -0.2) is 4.79 Å². The van der Waals surface area contributed by atoms with Crippen molar-refractivity contribution in [3.05, 3.63) is 24.3 Å². The SMILES string of the molecule is O=C(CCN1C(=O)CNC1=O)Nc1ccc(NC(=O)C2CCCCN2)cc1. The molecule has 0 aromatic heterocycles. The molecule has 5 amide bonds. The number of anilines is 2. The third kappa shape index (κ3) is 5.04. The van der Waals surface area contributed by atoms with Gasteiger partial charge in [-0.2, -0.15) is 0 Å². The van der Waals surface area contributed by atoms with Gasteiger partial charge in [-0.15, -0.1) is 0 Å². The summed E-state index contributed by atoms with van der Waals surface area (Å²) in [5, 5.41) is 11.2. The van der Waals surface area contributed by atoms with Gasteiger partial charge in [0.15, 0.2) is 0 Å². The van der Waals surface area contributed by atoms with Gasteiger partial charge in [0.2, 0.25) is 17.7 Å². The van der Waals surface area contributed by atoms with E-state index in [9.17, 15) is 19.2 Å². The monoisotopic (exact) mass is 373 g/mol. The summed E-state index contributed by atoms with van der Waals surface area (Å²) in [5.41, 5.74) is 1.23. The van der Waals surface area contributed by atoms with Crippen LogP contribution in [-0.2, 0) is 14.4 Å². The summed E-state index contributed by atoms with van der Waals surface area (Å²) in [5.74, 6) is -0.689. The number of benzene rings is 1. The molecule has 9 heteroatoms. The highest BCUT2D eigenvalue weighted by atomic mass is 16.2. The van der Waals surface area contributed by atoms with E-state index in [-0.39, 0.29) is 43.3 Å². The van der Waals surface area contributed by atoms with Crippen LogP contribution in [0.25, 0.3) is 0 Å². The molecule has 1 atom stereocenters. The molecule has 0 spiro atoms. The van der Waals surface area contributed by atoms with Crippen LogP contribution in [0.1, 0.15) is 25.7 Å². The topological polar surface area (TPSA) is 120 Å². The average molecular weight is 373 g/mol. The summed E-state index contributed by atoms with van der Waals surface area (Å²) in [7, 11) is 0. The van der Waals surface area contributed by atoms with E-state index in [4.69, 9.17) is 0 Å². The van der Waals surface area contributed by atoms with E-state index in [0.717, 1.165) is 30.7 Å². The van der Waals surface area contributed by atoms with Crippen LogP contribution in [0.15, 0.2) is 24.3 Å². The van der Waals surface area contributed by atoms with Crippen LogP contribution in [-0.4, -0.2) is 54.3 Å². The maximum absolute atomic E-state index is 12.2. The normalized spacial score (nSPS) is 19.6. The van der Waals surface area contributed by atoms with Gasteiger partial charge in [-0.05, 0) is 43.7 Å². The molecular formula is C18H23N5O4. The molecule has 144 valence electrons. The first-order valence-corrected chi connectivity index (χ1v) is 9.05. The van der Waals surface area contributed by atoms with Crippen molar-refractivity contribution in [3.63, 3.8) is 0 Å². The van der Waals surface area contributed by atoms with Gasteiger partial charge >= 0.3 is 6.03 Å². The van der Waals surface area contributed by atoms with Crippen LogP contribution < -0.4 is 21.3 Å². The van der Waals surface area contributed by atoms with Crippen molar-refractivity contribution in [2.75, 3.05) is 30.3 Å². The number of urea groups is 1. The molecule has 2 heterocycles. The molecule has 4 N–H and O–H groups in total. The first-order valence-electron chi connectivity index (χ1n) is 9.05. The van der Waals surface area contributed by atoms with Crippen LogP contribution in [0.4, 0.5) is 16.2 Å². The van der Waals surface area contributed by atoms with Crippen LogP contribution in [0.5, 0.6) is 0 Å². The lowest BCUT2D eigenvalue weighted by Crippen LogP contribution is -2.43. The molecular weight excluding hydrogens is 350 g/mol. The minimum Gasteiger partial charge on any atom is -0.329 e. The molecule has 2 saturated heterocycles. The van der Waals surface area contributed by atoms with Crippen LogP contribution >= 0.6 is 0 Å². The number of hydrogen-bond donors (Lipinski definition) is 4. The minimum atomic E-state index is -0.472. The van der Waals surface area contributed by atoms with Gasteiger partial charge in [0.05, 0.1) is 12.6 Å². The van der Waals surface area contributed by atoms with E-state index >= 15 is 0 Å². The lowest BCUT2D eigenvalue weighted by Gasteiger charge is -2.22. The van der Waals surface area contributed by atoms with Gasteiger partial charge in [-0.3, -0.25) is 19.3 Å². The number of carbonyl (C=O) groups is 4. The zero-order valence-electron chi connectivity index (χ0n) is 14.9. The molecule has 0 bridgehead atoms. The highest BCUT2D eigenvalue weighted by Gasteiger charge is 2.28. The van der Waals surface area contributed by atoms with E-state index in [1.54, 1.807) is 24.3 Å². The van der Waals surface area contributed by atoms with Crippen molar-refractivity contribution in [1.82, 2.24) is 15.5 Å². The predicted octanol–water partition coefficient (Wildman–Crippen LogP) is 0.648. The van der Waals surface area contributed by atoms with E-state index in [1.165, 1.54) is 0 Å². The van der Waals surface area contributed by atoms with Crippen LogP contribution in [0, 0.1) is 0 Å². The molecule has 2 fully saturated rings. The number of nitrogens with zero attached hydrogens (tertiary/aromatic N) is 1. The third-order valence-electron chi connectivity index (χ3n) is 4.56. The van der Waals surface area contributed by atoms with E-state index < -0.39 is 6.03 Å². The molecule has 27 heavy (non-hydrogen) atoms. The van der Waals surface area contributed by atoms with Gasteiger partial charge in [0, 0.05) is 24.3 Å². The van der Waals surface area contributed by atoms with E-state index in [0.29, 0.717) is 11.4 Å². The molecule has 9 nitrogen and oxygen atoms in total. The van der Waals surface area contributed by atoms with Crippen molar-refractivity contribution < 1.29 is 19.2 Å². The van der Waals surface area contributed by atoms with Gasteiger partial charge < -0.3 is 21.3 Å². The Morgan fingerprint density at radius 3 is 2.37 bits per heavy atom. The minimum absolute atomic E-state index is 0.0188. The first kappa shape index (κ1) is 18.8. The third-order valence-corrected chi connectivity index (χ3v) is 4.56. The molecule has 3 rings (SSSR count). The van der Waals surface area contributed by atoms with Crippen molar-refractivity contribution >= 4 is 35.1 Å². The molecule has 1 aromatic carbocycles. The summed E-state index contributed by atoms with van der Waals surface area (Å²) in [4.78, 5) is 48.1. The molecule has 2 aliphatic heterocycles. The second-order valence-electron chi connectivity index (χ2n) is 6.57. The molecule has 0 aliphatic carbocycles. The van der Waals surface area contributed by atoms with Gasteiger partial charge in [-0.1, -0.05) is 6.42 Å². The van der Waals surface area contributed by atoms with Crippen molar-refractivity contribution in [2.45, 2.75) is 31.7 Å². The fourth-order valence-electron chi connectivity index (χ4n) is 3.06. The molecule has 0 saturated carbocycles. The Balaban J connectivity index is 1.45. The molecule has 2 aliphatic rings. The second kappa shape index (κ2) is 8.63. The quantitative estimate of drug-likeness (QED) is 0.546. The lowest BCUT2D eigenvalue weighted by atomic mass is 10.0. The zero-order valence-corrected chi connectivity index (χ0v) is 14.9. The van der Waals surface area contributed by atoms with Crippen molar-refractivity contribution in [1.29, 1.82) is 0 Å². The number of piperidine rings is 1. The number of amides is 5. The average Bonchev–Trinajstić information content (AvgIpc) is 3.00. The summed E-state index contributed by atoms with van der Waals surface area (Å²) in [6, 6.07) is 6.18. The second-order valence-corrected chi connectivity index (χ2v) is 6.57. The summed E-state index contributed by atoms with van der Waals surface area (Å²) in [6.07, 6.45) is 2.98. The Morgan fingerprint density at radius 2 is 1.78 bits per heavy atom. The molecule has 0 radical (unpaired) electrons. The number of carbonyl (C=O) groups excluding carboxylic acids is 4. The number of imide groups is 1. The summed E-state index contributed by atoms with van der Waals surface area (Å²) >= 11 is 0. The predicted molar refractivity (Wildman–Crippen MR) is 99.1 cm³/mol. The van der Waals surface area contributed by atoms with Crippen LogP contribution in [0.3, 0.4) is 0 Å². The lowest BCUT2D eigenvalue weighted by molar-refractivity contribution is -0.125. The van der Waals surface area contributed by atoms with Crippen molar-refractivity contribution in [2.24, 2.45) is 0 Å². The largest absolute Gasteiger partial charge is 0.329 e. The van der Waals surface area contributed by atoms with Gasteiger partial charge in [0.1, 0.15) is 0 Å². The Kier molecular flexibility index (Phi) is 6.02. The van der Waals surface area contributed by atoms with E-state index in [1.807, 2.05) is 0 Å². The summed E-state index contributed by atoms with van der Waals surface area (Å²) < 4.78 is 0. The Morgan fingerprint density at radius 1 is 1.07 bits per heavy atom. The number of rotatable bonds is 6.